The van der Waals surface area contributed by atoms with Crippen molar-refractivity contribution in [2.75, 3.05) is 14.2 Å². The van der Waals surface area contributed by atoms with Gasteiger partial charge in [-0.2, -0.15) is 0 Å². The fraction of sp³-hybridized carbons (Fsp3) is 0.583. The summed E-state index contributed by atoms with van der Waals surface area (Å²) in [5.74, 6) is -1.02. The van der Waals surface area contributed by atoms with Crippen LogP contribution in [-0.2, 0) is 19.1 Å². The second-order valence-corrected chi connectivity index (χ2v) is 10.6. The van der Waals surface area contributed by atoms with Crippen LogP contribution in [0.3, 0.4) is 0 Å². The summed E-state index contributed by atoms with van der Waals surface area (Å²) in [4.78, 5) is 27.1. The highest BCUT2D eigenvalue weighted by Crippen LogP contribution is 2.74. The highest BCUT2D eigenvalue weighted by atomic mass is 32.2. The Bertz CT molecular complexity index is 885. The third kappa shape index (κ3) is 2.73. The first-order valence-corrected chi connectivity index (χ1v) is 11.2. The van der Waals surface area contributed by atoms with E-state index in [0.29, 0.717) is 5.92 Å². The van der Waals surface area contributed by atoms with Gasteiger partial charge in [0.05, 0.1) is 20.1 Å². The molecular formula is C24H30O4S. The van der Waals surface area contributed by atoms with E-state index in [2.05, 4.69) is 52.0 Å². The van der Waals surface area contributed by atoms with Crippen molar-refractivity contribution in [2.24, 2.45) is 22.7 Å². The van der Waals surface area contributed by atoms with Gasteiger partial charge in [0.25, 0.3) is 0 Å². The van der Waals surface area contributed by atoms with Gasteiger partial charge in [0.1, 0.15) is 5.25 Å². The van der Waals surface area contributed by atoms with Gasteiger partial charge >= 0.3 is 11.9 Å². The molecule has 1 heterocycles. The second kappa shape index (κ2) is 6.90. The minimum absolute atomic E-state index is 0.0218. The molecular weight excluding hydrogens is 384 g/mol. The smallest absolute Gasteiger partial charge is 0.320 e. The van der Waals surface area contributed by atoms with Crippen LogP contribution in [0.15, 0.2) is 34.7 Å². The zero-order valence-electron chi connectivity index (χ0n) is 18.1. The lowest BCUT2D eigenvalue weighted by Crippen LogP contribution is -2.43. The van der Waals surface area contributed by atoms with Crippen LogP contribution in [0.1, 0.15) is 50.7 Å². The molecule has 0 unspecified atom stereocenters. The Hall–Kier alpha value is -1.75. The van der Waals surface area contributed by atoms with Gasteiger partial charge in [0.15, 0.2) is 0 Å². The standard InChI is InChI=1S/C24H30O4S/c1-13-7-9-14(10-8-13)16-17-15-11-12-24(4,23(15,2)3)20(17)29-19(22(26)28-6)18(16)21(25)27-5/h7-10,15-16,18-19H,11-12H2,1-6H3/t15-,16+,18-,19+,24+/m1/s1. The number of rotatable bonds is 3. The maximum atomic E-state index is 13.0. The molecule has 3 aliphatic rings. The van der Waals surface area contributed by atoms with Crippen molar-refractivity contribution in [3.05, 3.63) is 45.9 Å². The van der Waals surface area contributed by atoms with Gasteiger partial charge in [0, 0.05) is 11.3 Å². The molecule has 29 heavy (non-hydrogen) atoms. The number of allylic oxidation sites excluding steroid dienone is 2. The SMILES string of the molecule is COC(=O)[C@H]1[C@@H](C(=O)OC)SC2=C([C@@H]1c1ccc(C)cc1)[C@H]1CC[C@]2(C)C1(C)C. The zero-order chi connectivity index (χ0) is 21.1. The molecule has 5 atom stereocenters. The molecule has 4 nitrogen and oxygen atoms in total. The minimum atomic E-state index is -0.593. The van der Waals surface area contributed by atoms with Crippen molar-refractivity contribution in [1.82, 2.24) is 0 Å². The van der Waals surface area contributed by atoms with E-state index < -0.39 is 11.2 Å². The average molecular weight is 415 g/mol. The summed E-state index contributed by atoms with van der Waals surface area (Å²) in [5.41, 5.74) is 3.73. The van der Waals surface area contributed by atoms with Gasteiger partial charge < -0.3 is 9.47 Å². The van der Waals surface area contributed by atoms with Crippen LogP contribution in [0, 0.1) is 29.6 Å². The van der Waals surface area contributed by atoms with Gasteiger partial charge in [-0.1, -0.05) is 50.6 Å². The van der Waals surface area contributed by atoms with Crippen molar-refractivity contribution in [2.45, 2.75) is 51.7 Å². The van der Waals surface area contributed by atoms with Crippen LogP contribution in [0.2, 0.25) is 0 Å². The van der Waals surface area contributed by atoms with E-state index in [1.807, 2.05) is 0 Å². The molecule has 0 radical (unpaired) electrons. The van der Waals surface area contributed by atoms with Crippen molar-refractivity contribution in [1.29, 1.82) is 0 Å². The summed E-state index contributed by atoms with van der Waals surface area (Å²) < 4.78 is 10.4. The Morgan fingerprint density at radius 3 is 2.24 bits per heavy atom. The molecule has 4 rings (SSSR count). The zero-order valence-corrected chi connectivity index (χ0v) is 18.9. The molecule has 5 heteroatoms. The van der Waals surface area contributed by atoms with Crippen LogP contribution in [-0.4, -0.2) is 31.4 Å². The summed E-state index contributed by atoms with van der Waals surface area (Å²) in [6, 6.07) is 8.37. The number of fused-ring (bicyclic) bond motifs is 4. The number of carbonyl (C=O) groups is 2. The number of ether oxygens (including phenoxy) is 2. The number of hydrogen-bond donors (Lipinski definition) is 0. The average Bonchev–Trinajstić information content (AvgIpc) is 3.04. The summed E-state index contributed by atoms with van der Waals surface area (Å²) in [6.07, 6.45) is 2.25. The van der Waals surface area contributed by atoms with Gasteiger partial charge in [-0.3, -0.25) is 9.59 Å². The molecule has 0 aromatic heterocycles. The maximum Gasteiger partial charge on any atom is 0.320 e. The number of thioether (sulfide) groups is 1. The largest absolute Gasteiger partial charge is 0.469 e. The summed E-state index contributed by atoms with van der Waals surface area (Å²) in [5, 5.41) is -0.593. The molecule has 1 fully saturated rings. The lowest BCUT2D eigenvalue weighted by molar-refractivity contribution is -0.152. The molecule has 1 saturated carbocycles. The first kappa shape index (κ1) is 20.5. The maximum absolute atomic E-state index is 13.0. The van der Waals surface area contributed by atoms with Crippen molar-refractivity contribution >= 4 is 23.7 Å². The number of aryl methyl sites for hydroxylation is 1. The normalized spacial score (nSPS) is 34.7. The highest BCUT2D eigenvalue weighted by molar-refractivity contribution is 8.04. The molecule has 1 aliphatic heterocycles. The Morgan fingerprint density at radius 2 is 1.66 bits per heavy atom. The van der Waals surface area contributed by atoms with Crippen molar-refractivity contribution < 1.29 is 19.1 Å². The van der Waals surface area contributed by atoms with E-state index in [1.165, 1.54) is 30.3 Å². The number of methoxy groups -OCH3 is 2. The molecule has 1 aromatic rings. The number of benzene rings is 1. The van der Waals surface area contributed by atoms with E-state index >= 15 is 0 Å². The predicted octanol–water partition coefficient (Wildman–Crippen LogP) is 4.87. The third-order valence-electron chi connectivity index (χ3n) is 7.97. The third-order valence-corrected chi connectivity index (χ3v) is 9.64. The molecule has 1 aromatic carbocycles. The topological polar surface area (TPSA) is 52.6 Å². The van der Waals surface area contributed by atoms with E-state index in [0.717, 1.165) is 18.4 Å². The highest BCUT2D eigenvalue weighted by Gasteiger charge is 2.65. The van der Waals surface area contributed by atoms with Crippen LogP contribution < -0.4 is 0 Å². The first-order chi connectivity index (χ1) is 13.7. The molecule has 0 N–H and O–H groups in total. The number of hydrogen-bond acceptors (Lipinski definition) is 5. The lowest BCUT2D eigenvalue weighted by Gasteiger charge is -2.42. The fourth-order valence-electron chi connectivity index (χ4n) is 5.92. The van der Waals surface area contributed by atoms with E-state index in [9.17, 15) is 9.59 Å². The Balaban J connectivity index is 1.95. The fourth-order valence-corrected chi connectivity index (χ4v) is 7.81. The summed E-state index contributed by atoms with van der Waals surface area (Å²) in [6.45, 7) is 9.08. The van der Waals surface area contributed by atoms with Crippen molar-refractivity contribution in [3.63, 3.8) is 0 Å². The van der Waals surface area contributed by atoms with Crippen LogP contribution in [0.4, 0.5) is 0 Å². The van der Waals surface area contributed by atoms with Crippen LogP contribution in [0.25, 0.3) is 0 Å². The second-order valence-electron chi connectivity index (χ2n) is 9.43. The molecule has 2 bridgehead atoms. The lowest BCUT2D eigenvalue weighted by atomic mass is 9.69. The van der Waals surface area contributed by atoms with E-state index in [1.54, 1.807) is 11.8 Å². The van der Waals surface area contributed by atoms with Crippen LogP contribution in [0.5, 0.6) is 0 Å². The summed E-state index contributed by atoms with van der Waals surface area (Å²) >= 11 is 1.56. The molecule has 0 amide bonds. The molecule has 0 saturated heterocycles. The molecule has 156 valence electrons. The Labute approximate surface area is 177 Å². The van der Waals surface area contributed by atoms with Gasteiger partial charge in [-0.05, 0) is 47.1 Å². The van der Waals surface area contributed by atoms with Gasteiger partial charge in [-0.15, -0.1) is 11.8 Å². The summed E-state index contributed by atoms with van der Waals surface area (Å²) in [7, 11) is 2.80. The monoisotopic (exact) mass is 414 g/mol. The molecule has 0 spiro atoms. The molecule has 2 aliphatic carbocycles. The van der Waals surface area contributed by atoms with Crippen molar-refractivity contribution in [3.8, 4) is 0 Å². The van der Waals surface area contributed by atoms with Crippen LogP contribution >= 0.6 is 11.8 Å². The Kier molecular flexibility index (Phi) is 4.88. The first-order valence-electron chi connectivity index (χ1n) is 10.3. The predicted molar refractivity (Wildman–Crippen MR) is 114 cm³/mol. The van der Waals surface area contributed by atoms with E-state index in [4.69, 9.17) is 9.47 Å². The van der Waals surface area contributed by atoms with Gasteiger partial charge in [0.2, 0.25) is 0 Å². The number of esters is 2. The quantitative estimate of drug-likeness (QED) is 0.661. The minimum Gasteiger partial charge on any atom is -0.469 e. The van der Waals surface area contributed by atoms with E-state index in [-0.39, 0.29) is 28.7 Å². The Morgan fingerprint density at radius 1 is 1.03 bits per heavy atom. The van der Waals surface area contributed by atoms with Gasteiger partial charge in [-0.25, -0.2) is 0 Å². The number of carbonyl (C=O) groups excluding carboxylic acids is 2.